The van der Waals surface area contributed by atoms with Crippen LogP contribution in [0.4, 0.5) is 4.79 Å². The quantitative estimate of drug-likeness (QED) is 0.628. The number of carbonyl (C=O) groups excluding carboxylic acids is 1. The summed E-state index contributed by atoms with van der Waals surface area (Å²) in [6.07, 6.45) is -0.801. The molecule has 0 aliphatic rings. The van der Waals surface area contributed by atoms with Crippen LogP contribution in [0.25, 0.3) is 10.3 Å². The highest BCUT2D eigenvalue weighted by Crippen LogP contribution is 2.31. The Balaban J connectivity index is 2.36. The van der Waals surface area contributed by atoms with Gasteiger partial charge in [-0.2, -0.15) is 0 Å². The number of fused-ring (bicyclic) bond motifs is 1. The molecule has 0 aliphatic heterocycles. The molecule has 7 heteroatoms. The molecule has 0 amide bonds. The molecule has 0 aliphatic carbocycles. The van der Waals surface area contributed by atoms with Gasteiger partial charge in [-0.15, -0.1) is 0 Å². The number of hydrogen-bond donors (Lipinski definition) is 0. The third kappa shape index (κ3) is 2.67. The second-order valence-corrected chi connectivity index (χ2v) is 4.80. The monoisotopic (exact) mass is 318 g/mol. The Morgan fingerprint density at radius 3 is 3.00 bits per heavy atom. The van der Waals surface area contributed by atoms with Crippen LogP contribution in [0, 0.1) is 0 Å². The molecule has 0 unspecified atom stereocenters. The molecule has 1 aromatic heterocycles. The maximum atomic E-state index is 11.2. The van der Waals surface area contributed by atoms with Gasteiger partial charge >= 0.3 is 11.1 Å². The van der Waals surface area contributed by atoms with Gasteiger partial charge in [0.2, 0.25) is 0 Å². The van der Waals surface area contributed by atoms with E-state index in [9.17, 15) is 9.59 Å². The first-order valence-corrected chi connectivity index (χ1v) is 6.29. The van der Waals surface area contributed by atoms with Crippen LogP contribution in [0.3, 0.4) is 0 Å². The van der Waals surface area contributed by atoms with Crippen molar-refractivity contribution in [1.29, 1.82) is 0 Å². The van der Waals surface area contributed by atoms with E-state index >= 15 is 0 Å². The number of ether oxygens (including phenoxy) is 2. The molecule has 0 atom stereocenters. The first-order chi connectivity index (χ1) is 8.10. The Hall–Kier alpha value is -1.34. The molecule has 90 valence electrons. The van der Waals surface area contributed by atoms with Gasteiger partial charge in [0.05, 0.1) is 15.8 Å². The molecule has 0 spiro atoms. The number of halogens is 1. The molecule has 1 aromatic carbocycles. The molecule has 2 aromatic rings. The van der Waals surface area contributed by atoms with Gasteiger partial charge in [0.15, 0.2) is 11.3 Å². The van der Waals surface area contributed by atoms with Gasteiger partial charge in [0, 0.05) is 6.07 Å². The molecular weight excluding hydrogens is 312 g/mol. The smallest absolute Gasteiger partial charge is 0.434 e. The van der Waals surface area contributed by atoms with E-state index in [2.05, 4.69) is 20.7 Å². The lowest BCUT2D eigenvalue weighted by atomic mass is 10.3. The van der Waals surface area contributed by atoms with Gasteiger partial charge in [-0.05, 0) is 28.9 Å². The average molecular weight is 319 g/mol. The maximum Gasteiger partial charge on any atom is 0.513 e. The maximum absolute atomic E-state index is 11.2. The lowest BCUT2D eigenvalue weighted by Crippen LogP contribution is -2.10. The number of rotatable bonds is 2. The Labute approximate surface area is 108 Å². The number of hydrogen-bond acceptors (Lipinski definition) is 6. The summed E-state index contributed by atoms with van der Waals surface area (Å²) in [4.78, 5) is 21.8. The fraction of sp³-hybridized carbons (Fsp3) is 0.200. The van der Waals surface area contributed by atoms with Crippen molar-refractivity contribution in [2.45, 2.75) is 6.92 Å². The van der Waals surface area contributed by atoms with E-state index in [0.29, 0.717) is 14.8 Å². The normalized spacial score (nSPS) is 10.5. The van der Waals surface area contributed by atoms with Crippen LogP contribution in [-0.4, -0.2) is 12.8 Å². The van der Waals surface area contributed by atoms with E-state index in [4.69, 9.17) is 9.15 Å². The van der Waals surface area contributed by atoms with Crippen molar-refractivity contribution >= 4 is 43.7 Å². The van der Waals surface area contributed by atoms with Crippen LogP contribution in [0.5, 0.6) is 5.75 Å². The standard InChI is InChI=1S/C10H7BrO5S/c1-2-14-9(12)15-6-4-7-8(3-5(6)11)17-10(13)16-7/h3-4H,2H2,1H3. The minimum Gasteiger partial charge on any atom is -0.434 e. The summed E-state index contributed by atoms with van der Waals surface area (Å²) in [7, 11) is 0. The molecule has 1 heterocycles. The lowest BCUT2D eigenvalue weighted by molar-refractivity contribution is 0.104. The van der Waals surface area contributed by atoms with E-state index < -0.39 is 11.1 Å². The average Bonchev–Trinajstić information content (AvgIpc) is 2.58. The predicted octanol–water partition coefficient (Wildman–Crippen LogP) is 3.15. The zero-order valence-electron chi connectivity index (χ0n) is 8.69. The van der Waals surface area contributed by atoms with Gasteiger partial charge in [-0.1, -0.05) is 11.3 Å². The summed E-state index contributed by atoms with van der Waals surface area (Å²) in [6.45, 7) is 1.91. The molecule has 0 saturated carbocycles. The Kier molecular flexibility index (Phi) is 3.49. The van der Waals surface area contributed by atoms with Crippen LogP contribution in [0.2, 0.25) is 0 Å². The SMILES string of the molecule is CCOC(=O)Oc1cc2oc(=O)sc2cc1Br. The minimum atomic E-state index is -0.801. The van der Waals surface area contributed by atoms with Crippen LogP contribution >= 0.6 is 27.3 Å². The van der Waals surface area contributed by atoms with Gasteiger partial charge in [0.25, 0.3) is 0 Å². The van der Waals surface area contributed by atoms with E-state index in [1.54, 1.807) is 13.0 Å². The Morgan fingerprint density at radius 1 is 1.53 bits per heavy atom. The van der Waals surface area contributed by atoms with Gasteiger partial charge in [0.1, 0.15) is 0 Å². The van der Waals surface area contributed by atoms with Gasteiger partial charge in [-0.3, -0.25) is 0 Å². The van der Waals surface area contributed by atoms with Crippen molar-refractivity contribution in [3.05, 3.63) is 26.3 Å². The topological polar surface area (TPSA) is 65.7 Å². The summed E-state index contributed by atoms with van der Waals surface area (Å²) in [6, 6.07) is 3.12. The molecule has 0 saturated heterocycles. The van der Waals surface area contributed by atoms with E-state index in [-0.39, 0.29) is 12.4 Å². The molecule has 0 N–H and O–H groups in total. The molecule has 17 heavy (non-hydrogen) atoms. The van der Waals surface area contributed by atoms with Crippen molar-refractivity contribution in [2.24, 2.45) is 0 Å². The zero-order valence-corrected chi connectivity index (χ0v) is 11.1. The summed E-state index contributed by atoms with van der Waals surface area (Å²) < 4.78 is 15.7. The van der Waals surface area contributed by atoms with Crippen molar-refractivity contribution in [1.82, 2.24) is 0 Å². The Morgan fingerprint density at radius 2 is 2.29 bits per heavy atom. The summed E-state index contributed by atoms with van der Waals surface area (Å²) in [5.41, 5.74) is 0.377. The second-order valence-electron chi connectivity index (χ2n) is 2.97. The van der Waals surface area contributed by atoms with Crippen molar-refractivity contribution in [2.75, 3.05) is 6.61 Å². The fourth-order valence-electron chi connectivity index (χ4n) is 1.19. The summed E-state index contributed by atoms with van der Waals surface area (Å²) >= 11 is 4.22. The molecule has 0 fully saturated rings. The number of benzene rings is 1. The van der Waals surface area contributed by atoms with E-state index in [1.165, 1.54) is 6.07 Å². The number of carbonyl (C=O) groups is 1. The highest BCUT2D eigenvalue weighted by atomic mass is 79.9. The van der Waals surface area contributed by atoms with Gasteiger partial charge in [-0.25, -0.2) is 9.59 Å². The van der Waals surface area contributed by atoms with Crippen molar-refractivity contribution in [3.8, 4) is 5.75 Å². The lowest BCUT2D eigenvalue weighted by Gasteiger charge is -2.05. The van der Waals surface area contributed by atoms with Crippen molar-refractivity contribution in [3.63, 3.8) is 0 Å². The van der Waals surface area contributed by atoms with Crippen molar-refractivity contribution < 1.29 is 18.7 Å². The molecular formula is C10H7BrO5S. The largest absolute Gasteiger partial charge is 0.513 e. The molecule has 0 radical (unpaired) electrons. The summed E-state index contributed by atoms with van der Waals surface area (Å²) in [5.74, 6) is 0.248. The first-order valence-electron chi connectivity index (χ1n) is 4.68. The van der Waals surface area contributed by atoms with Crippen LogP contribution in [0.1, 0.15) is 6.92 Å². The second kappa shape index (κ2) is 4.89. The van der Waals surface area contributed by atoms with Crippen LogP contribution < -0.4 is 9.68 Å². The van der Waals surface area contributed by atoms with E-state index in [1.807, 2.05) is 0 Å². The summed E-state index contributed by atoms with van der Waals surface area (Å²) in [5, 5.41) is 0. The minimum absolute atomic E-state index is 0.228. The molecule has 2 rings (SSSR count). The van der Waals surface area contributed by atoms with Gasteiger partial charge < -0.3 is 13.9 Å². The third-order valence-electron chi connectivity index (χ3n) is 1.84. The molecule has 0 bridgehead atoms. The molecule has 5 nitrogen and oxygen atoms in total. The zero-order chi connectivity index (χ0) is 12.4. The highest BCUT2D eigenvalue weighted by Gasteiger charge is 2.12. The first kappa shape index (κ1) is 12.1. The highest BCUT2D eigenvalue weighted by molar-refractivity contribution is 9.10. The third-order valence-corrected chi connectivity index (χ3v) is 3.25. The van der Waals surface area contributed by atoms with Crippen LogP contribution in [-0.2, 0) is 4.74 Å². The predicted molar refractivity (Wildman–Crippen MR) is 65.7 cm³/mol. The van der Waals surface area contributed by atoms with E-state index in [0.717, 1.165) is 11.3 Å². The van der Waals surface area contributed by atoms with Crippen LogP contribution in [0.15, 0.2) is 25.8 Å². The fourth-order valence-corrected chi connectivity index (χ4v) is 2.46. The Bertz CT molecular complexity index is 615.